The van der Waals surface area contributed by atoms with E-state index in [1.165, 1.54) is 12.0 Å². The van der Waals surface area contributed by atoms with Gasteiger partial charge >= 0.3 is 5.97 Å². The molecule has 134 valence electrons. The molecule has 3 rings (SSSR count). The molecule has 1 aliphatic rings. The number of hydrogen-bond acceptors (Lipinski definition) is 5. The van der Waals surface area contributed by atoms with Gasteiger partial charge in [-0.25, -0.2) is 4.79 Å². The van der Waals surface area contributed by atoms with Crippen molar-refractivity contribution in [2.45, 2.75) is 13.0 Å². The molecule has 1 fully saturated rings. The molecule has 0 aliphatic carbocycles. The number of nitrogens with one attached hydrogen (secondary N) is 1. The van der Waals surface area contributed by atoms with Crippen LogP contribution in [0.15, 0.2) is 48.8 Å². The molecule has 2 heterocycles. The summed E-state index contributed by atoms with van der Waals surface area (Å²) < 4.78 is 4.77. The first-order valence-corrected chi connectivity index (χ1v) is 8.24. The normalized spacial score (nSPS) is 16.4. The number of hydrogen-bond donors (Lipinski definition) is 1. The number of carbonyl (C=O) groups is 3. The standard InChI is InChI=1S/C19H19N3O4/c1-26-19(25)15-4-2-3-5-16(15)22-12-14(10-17(22)23)18(24)21-11-13-6-8-20-9-7-13/h2-9,14H,10-12H2,1H3,(H,21,24). The van der Waals surface area contributed by atoms with Crippen molar-refractivity contribution in [3.8, 4) is 0 Å². The van der Waals surface area contributed by atoms with Crippen LogP contribution in [0.4, 0.5) is 5.69 Å². The number of nitrogens with zero attached hydrogens (tertiary/aromatic N) is 2. The van der Waals surface area contributed by atoms with Crippen molar-refractivity contribution in [2.75, 3.05) is 18.6 Å². The number of methoxy groups -OCH3 is 1. The van der Waals surface area contributed by atoms with E-state index in [-0.39, 0.29) is 24.8 Å². The highest BCUT2D eigenvalue weighted by atomic mass is 16.5. The van der Waals surface area contributed by atoms with Gasteiger partial charge < -0.3 is 15.0 Å². The zero-order valence-electron chi connectivity index (χ0n) is 14.3. The highest BCUT2D eigenvalue weighted by molar-refractivity contribution is 6.05. The van der Waals surface area contributed by atoms with E-state index in [1.54, 1.807) is 36.7 Å². The number of carbonyl (C=O) groups excluding carboxylic acids is 3. The molecule has 1 saturated heterocycles. The second kappa shape index (κ2) is 7.77. The Balaban J connectivity index is 1.69. The topological polar surface area (TPSA) is 88.6 Å². The van der Waals surface area contributed by atoms with Gasteiger partial charge in [0.1, 0.15) is 0 Å². The Bertz CT molecular complexity index is 823. The maximum absolute atomic E-state index is 12.4. The smallest absolute Gasteiger partial charge is 0.339 e. The summed E-state index contributed by atoms with van der Waals surface area (Å²) in [5.74, 6) is -1.35. The van der Waals surface area contributed by atoms with Gasteiger partial charge in [0.25, 0.3) is 0 Å². The lowest BCUT2D eigenvalue weighted by molar-refractivity contribution is -0.126. The van der Waals surface area contributed by atoms with Crippen LogP contribution in [-0.2, 0) is 20.9 Å². The lowest BCUT2D eigenvalue weighted by atomic mass is 10.1. The molecule has 7 heteroatoms. The first-order chi connectivity index (χ1) is 12.6. The van der Waals surface area contributed by atoms with E-state index in [1.807, 2.05) is 12.1 Å². The second-order valence-corrected chi connectivity index (χ2v) is 5.99. The van der Waals surface area contributed by atoms with Gasteiger partial charge in [-0.1, -0.05) is 12.1 Å². The van der Waals surface area contributed by atoms with Crippen LogP contribution in [0, 0.1) is 5.92 Å². The lowest BCUT2D eigenvalue weighted by Crippen LogP contribution is -2.33. The Morgan fingerprint density at radius 3 is 2.69 bits per heavy atom. The van der Waals surface area contributed by atoms with E-state index in [9.17, 15) is 14.4 Å². The minimum atomic E-state index is -0.515. The van der Waals surface area contributed by atoms with Crippen molar-refractivity contribution >= 4 is 23.5 Å². The van der Waals surface area contributed by atoms with Crippen LogP contribution in [0.25, 0.3) is 0 Å². The molecular weight excluding hydrogens is 334 g/mol. The van der Waals surface area contributed by atoms with Crippen molar-refractivity contribution in [1.82, 2.24) is 10.3 Å². The third-order valence-corrected chi connectivity index (χ3v) is 4.31. The average Bonchev–Trinajstić information content (AvgIpc) is 3.08. The van der Waals surface area contributed by atoms with Gasteiger partial charge in [-0.2, -0.15) is 0 Å². The van der Waals surface area contributed by atoms with Gasteiger partial charge in [-0.3, -0.25) is 14.6 Å². The minimum absolute atomic E-state index is 0.109. The Morgan fingerprint density at radius 1 is 1.23 bits per heavy atom. The van der Waals surface area contributed by atoms with Gasteiger partial charge in [-0.05, 0) is 29.8 Å². The van der Waals surface area contributed by atoms with Crippen LogP contribution < -0.4 is 10.2 Å². The van der Waals surface area contributed by atoms with Crippen LogP contribution >= 0.6 is 0 Å². The molecule has 26 heavy (non-hydrogen) atoms. The first-order valence-electron chi connectivity index (χ1n) is 8.24. The second-order valence-electron chi connectivity index (χ2n) is 5.99. The number of anilines is 1. The molecule has 0 bridgehead atoms. The molecule has 1 aliphatic heterocycles. The molecule has 0 saturated carbocycles. The molecule has 2 aromatic rings. The van der Waals surface area contributed by atoms with Crippen LogP contribution in [0.1, 0.15) is 22.3 Å². The summed E-state index contributed by atoms with van der Waals surface area (Å²) in [6.45, 7) is 0.611. The number of pyridine rings is 1. The van der Waals surface area contributed by atoms with Crippen LogP contribution in [0.5, 0.6) is 0 Å². The van der Waals surface area contributed by atoms with Crippen LogP contribution in [-0.4, -0.2) is 36.4 Å². The zero-order valence-corrected chi connectivity index (χ0v) is 14.3. The molecule has 0 radical (unpaired) electrons. The summed E-state index contributed by atoms with van der Waals surface area (Å²) in [6.07, 6.45) is 3.43. The highest BCUT2D eigenvalue weighted by Crippen LogP contribution is 2.28. The van der Waals surface area contributed by atoms with E-state index in [0.717, 1.165) is 5.56 Å². The quantitative estimate of drug-likeness (QED) is 0.824. The van der Waals surface area contributed by atoms with E-state index < -0.39 is 11.9 Å². The molecule has 1 aromatic heterocycles. The molecule has 2 amide bonds. The number of rotatable bonds is 5. The number of esters is 1. The molecule has 1 N–H and O–H groups in total. The first kappa shape index (κ1) is 17.6. The fraction of sp³-hybridized carbons (Fsp3) is 0.263. The highest BCUT2D eigenvalue weighted by Gasteiger charge is 2.36. The van der Waals surface area contributed by atoms with Crippen molar-refractivity contribution in [2.24, 2.45) is 5.92 Å². The van der Waals surface area contributed by atoms with Gasteiger partial charge in [0.05, 0.1) is 24.3 Å². The number of amides is 2. The number of aromatic nitrogens is 1. The molecule has 1 aromatic carbocycles. The van der Waals surface area contributed by atoms with Crippen molar-refractivity contribution in [3.63, 3.8) is 0 Å². The SMILES string of the molecule is COC(=O)c1ccccc1N1CC(C(=O)NCc2ccncc2)CC1=O. The largest absolute Gasteiger partial charge is 0.465 e. The van der Waals surface area contributed by atoms with Crippen molar-refractivity contribution < 1.29 is 19.1 Å². The van der Waals surface area contributed by atoms with Crippen molar-refractivity contribution in [1.29, 1.82) is 0 Å². The Hall–Kier alpha value is -3.22. The maximum atomic E-state index is 12.4. The molecular formula is C19H19N3O4. The number of benzene rings is 1. The van der Waals surface area contributed by atoms with Gasteiger partial charge in [0.2, 0.25) is 11.8 Å². The average molecular weight is 353 g/mol. The zero-order chi connectivity index (χ0) is 18.5. The predicted molar refractivity (Wildman–Crippen MR) is 94.3 cm³/mol. The molecule has 1 atom stereocenters. The van der Waals surface area contributed by atoms with E-state index in [4.69, 9.17) is 4.74 Å². The number of para-hydroxylation sites is 1. The van der Waals surface area contributed by atoms with Gasteiger partial charge in [0, 0.05) is 31.9 Å². The Morgan fingerprint density at radius 2 is 1.96 bits per heavy atom. The van der Waals surface area contributed by atoms with E-state index in [0.29, 0.717) is 17.8 Å². The fourth-order valence-corrected chi connectivity index (χ4v) is 2.94. The Labute approximate surface area is 151 Å². The fourth-order valence-electron chi connectivity index (χ4n) is 2.94. The van der Waals surface area contributed by atoms with E-state index >= 15 is 0 Å². The minimum Gasteiger partial charge on any atom is -0.465 e. The van der Waals surface area contributed by atoms with E-state index in [2.05, 4.69) is 10.3 Å². The summed E-state index contributed by atoms with van der Waals surface area (Å²) >= 11 is 0. The molecule has 0 spiro atoms. The summed E-state index contributed by atoms with van der Waals surface area (Å²) in [5.41, 5.74) is 1.71. The van der Waals surface area contributed by atoms with Gasteiger partial charge in [-0.15, -0.1) is 0 Å². The maximum Gasteiger partial charge on any atom is 0.339 e. The summed E-state index contributed by atoms with van der Waals surface area (Å²) in [5, 5.41) is 2.84. The van der Waals surface area contributed by atoms with Crippen molar-refractivity contribution in [3.05, 3.63) is 59.9 Å². The monoisotopic (exact) mass is 353 g/mol. The summed E-state index contributed by atoms with van der Waals surface area (Å²) in [6, 6.07) is 10.4. The number of ether oxygens (including phenoxy) is 1. The summed E-state index contributed by atoms with van der Waals surface area (Å²) in [4.78, 5) is 42.2. The van der Waals surface area contributed by atoms with Crippen LogP contribution in [0.2, 0.25) is 0 Å². The third-order valence-electron chi connectivity index (χ3n) is 4.31. The van der Waals surface area contributed by atoms with Gasteiger partial charge in [0.15, 0.2) is 0 Å². The molecule has 1 unspecified atom stereocenters. The predicted octanol–water partition coefficient (Wildman–Crippen LogP) is 1.54. The van der Waals surface area contributed by atoms with Crippen LogP contribution in [0.3, 0.4) is 0 Å². The Kier molecular flexibility index (Phi) is 5.26. The summed E-state index contributed by atoms with van der Waals surface area (Å²) in [7, 11) is 1.29. The third kappa shape index (κ3) is 3.72. The molecule has 7 nitrogen and oxygen atoms in total. The lowest BCUT2D eigenvalue weighted by Gasteiger charge is -2.19.